The Morgan fingerprint density at radius 1 is 1.43 bits per heavy atom. The predicted octanol–water partition coefficient (Wildman–Crippen LogP) is 1.80. The summed E-state index contributed by atoms with van der Waals surface area (Å²) in [6.45, 7) is 5.07. The zero-order chi connectivity index (χ0) is 15.9. The SMILES string of the molecule is CC(C)(C)OC(=O)N[C@H](CO)[C@H]([Se]C#N)c1ccccc1. The molecule has 1 amide bonds. The van der Waals surface area contributed by atoms with Gasteiger partial charge in [-0.05, 0) is 0 Å². The standard InChI is InChI=1S/C15H20N2O3Se/c1-15(2,3)20-14(19)17-12(9-18)13(21-10-16)11-7-5-4-6-8-11/h4-8,12-13,18H,9H2,1-3H3,(H,17,19)/t12-,13-/m1/s1. The second-order valence-electron chi connectivity index (χ2n) is 5.48. The minimum atomic E-state index is -0.604. The van der Waals surface area contributed by atoms with Gasteiger partial charge in [-0.25, -0.2) is 0 Å². The molecule has 0 spiro atoms. The van der Waals surface area contributed by atoms with Crippen molar-refractivity contribution >= 4 is 21.1 Å². The van der Waals surface area contributed by atoms with Crippen molar-refractivity contribution in [3.63, 3.8) is 0 Å². The van der Waals surface area contributed by atoms with Gasteiger partial charge in [-0.15, -0.1) is 0 Å². The summed E-state index contributed by atoms with van der Waals surface area (Å²) in [5.74, 6) is 0. The predicted molar refractivity (Wildman–Crippen MR) is 80.8 cm³/mol. The third-order valence-corrected chi connectivity index (χ3v) is 4.59. The summed E-state index contributed by atoms with van der Waals surface area (Å²) in [5.41, 5.74) is 0.321. The Kier molecular flexibility index (Phi) is 6.70. The van der Waals surface area contributed by atoms with Crippen molar-refractivity contribution in [3.05, 3.63) is 35.9 Å². The van der Waals surface area contributed by atoms with E-state index < -0.39 is 32.7 Å². The first-order valence-electron chi connectivity index (χ1n) is 6.57. The van der Waals surface area contributed by atoms with Gasteiger partial charge in [-0.3, -0.25) is 0 Å². The minimum absolute atomic E-state index is 0.221. The maximum atomic E-state index is 11.8. The van der Waals surface area contributed by atoms with Crippen LogP contribution in [0, 0.1) is 10.2 Å². The summed E-state index contributed by atoms with van der Waals surface area (Å²) in [7, 11) is 0. The number of benzene rings is 1. The molecule has 0 aromatic heterocycles. The molecule has 21 heavy (non-hydrogen) atoms. The van der Waals surface area contributed by atoms with E-state index in [0.29, 0.717) is 0 Å². The van der Waals surface area contributed by atoms with Crippen molar-refractivity contribution in [1.82, 2.24) is 5.32 Å². The molecule has 0 bridgehead atoms. The normalized spacial score (nSPS) is 13.9. The van der Waals surface area contributed by atoms with Crippen LogP contribution in [0.4, 0.5) is 4.79 Å². The summed E-state index contributed by atoms with van der Waals surface area (Å²) in [5, 5.41) is 21.2. The number of amides is 1. The fourth-order valence-electron chi connectivity index (χ4n) is 1.76. The van der Waals surface area contributed by atoms with E-state index >= 15 is 0 Å². The number of nitrogens with one attached hydrogen (secondary N) is 1. The van der Waals surface area contributed by atoms with Gasteiger partial charge in [0.2, 0.25) is 0 Å². The number of carbonyl (C=O) groups is 1. The molecular weight excluding hydrogens is 335 g/mol. The molecule has 0 saturated carbocycles. The van der Waals surface area contributed by atoms with Crippen LogP contribution in [0.5, 0.6) is 0 Å². The van der Waals surface area contributed by atoms with Crippen LogP contribution in [-0.4, -0.2) is 44.4 Å². The zero-order valence-corrected chi connectivity index (χ0v) is 14.1. The van der Waals surface area contributed by atoms with Crippen molar-refractivity contribution in [1.29, 1.82) is 5.26 Å². The Balaban J connectivity index is 2.84. The maximum absolute atomic E-state index is 11.8. The van der Waals surface area contributed by atoms with Crippen LogP contribution in [0.15, 0.2) is 30.3 Å². The molecule has 0 aliphatic heterocycles. The molecule has 0 unspecified atom stereocenters. The van der Waals surface area contributed by atoms with E-state index in [9.17, 15) is 9.90 Å². The molecule has 0 aliphatic rings. The van der Waals surface area contributed by atoms with Crippen LogP contribution in [0.2, 0.25) is 0 Å². The van der Waals surface area contributed by atoms with Crippen molar-refractivity contribution in [2.75, 3.05) is 6.61 Å². The van der Waals surface area contributed by atoms with Gasteiger partial charge in [0.05, 0.1) is 0 Å². The molecule has 2 N–H and O–H groups in total. The van der Waals surface area contributed by atoms with Crippen LogP contribution in [-0.2, 0) is 4.74 Å². The molecule has 0 aliphatic carbocycles. The average Bonchev–Trinajstić information content (AvgIpc) is 2.41. The van der Waals surface area contributed by atoms with E-state index in [2.05, 4.69) is 10.3 Å². The molecule has 5 nitrogen and oxygen atoms in total. The van der Waals surface area contributed by atoms with E-state index in [0.717, 1.165) is 5.56 Å². The fourth-order valence-corrected chi connectivity index (χ4v) is 3.28. The van der Waals surface area contributed by atoms with Gasteiger partial charge in [0, 0.05) is 0 Å². The number of nitriles is 1. The molecule has 0 fully saturated rings. The van der Waals surface area contributed by atoms with Crippen LogP contribution < -0.4 is 5.32 Å². The molecule has 0 heterocycles. The Morgan fingerprint density at radius 2 is 2.05 bits per heavy atom. The van der Waals surface area contributed by atoms with Gasteiger partial charge in [-0.2, -0.15) is 0 Å². The number of ether oxygens (including phenoxy) is 1. The third-order valence-electron chi connectivity index (χ3n) is 2.57. The van der Waals surface area contributed by atoms with Crippen molar-refractivity contribution in [3.8, 4) is 4.97 Å². The number of alkyl carbamates (subject to hydrolysis) is 1. The van der Waals surface area contributed by atoms with Gasteiger partial charge in [0.25, 0.3) is 0 Å². The summed E-state index contributed by atoms with van der Waals surface area (Å²) in [6, 6.07) is 8.87. The number of aliphatic hydroxyl groups is 1. The number of hydrogen-bond acceptors (Lipinski definition) is 4. The Hall–Kier alpha value is -1.54. The van der Waals surface area contributed by atoms with Crippen molar-refractivity contribution in [2.45, 2.75) is 37.2 Å². The molecule has 6 heteroatoms. The first-order chi connectivity index (χ1) is 9.87. The second-order valence-corrected chi connectivity index (χ2v) is 7.42. The van der Waals surface area contributed by atoms with Gasteiger partial charge >= 0.3 is 131 Å². The summed E-state index contributed by atoms with van der Waals surface area (Å²) >= 11 is -0.399. The molecule has 1 rings (SSSR count). The van der Waals surface area contributed by atoms with E-state index in [1.807, 2.05) is 30.3 Å². The Labute approximate surface area is 131 Å². The van der Waals surface area contributed by atoms with Gasteiger partial charge in [0.1, 0.15) is 0 Å². The third kappa shape index (κ3) is 6.17. The summed E-state index contributed by atoms with van der Waals surface area (Å²) in [6.07, 6.45) is -0.587. The number of hydrogen-bond donors (Lipinski definition) is 2. The fraction of sp³-hybridized carbons (Fsp3) is 0.467. The van der Waals surface area contributed by atoms with Gasteiger partial charge in [0.15, 0.2) is 0 Å². The van der Waals surface area contributed by atoms with E-state index in [1.165, 1.54) is 0 Å². The molecule has 114 valence electrons. The van der Waals surface area contributed by atoms with Crippen LogP contribution in [0.3, 0.4) is 0 Å². The Bertz CT molecular complexity index is 494. The number of rotatable bonds is 5. The van der Waals surface area contributed by atoms with E-state index in [-0.39, 0.29) is 11.4 Å². The number of carbonyl (C=O) groups excluding carboxylic acids is 1. The molecular formula is C15H20N2O3Se. The van der Waals surface area contributed by atoms with Crippen LogP contribution in [0.25, 0.3) is 0 Å². The topological polar surface area (TPSA) is 82.3 Å². The van der Waals surface area contributed by atoms with E-state index in [1.54, 1.807) is 20.8 Å². The van der Waals surface area contributed by atoms with E-state index in [4.69, 9.17) is 10.00 Å². The van der Waals surface area contributed by atoms with Gasteiger partial charge in [-0.1, -0.05) is 0 Å². The number of aliphatic hydroxyl groups excluding tert-OH is 1. The summed E-state index contributed by atoms with van der Waals surface area (Å²) in [4.78, 5) is 13.8. The first-order valence-corrected chi connectivity index (χ1v) is 8.42. The second kappa shape index (κ2) is 8.04. The van der Waals surface area contributed by atoms with Crippen LogP contribution >= 0.6 is 0 Å². The Morgan fingerprint density at radius 3 is 2.52 bits per heavy atom. The average molecular weight is 355 g/mol. The molecule has 2 atom stereocenters. The van der Waals surface area contributed by atoms with Crippen molar-refractivity contribution < 1.29 is 14.6 Å². The number of nitrogens with zero attached hydrogens (tertiary/aromatic N) is 1. The molecule has 1 aromatic rings. The molecule has 1 aromatic carbocycles. The van der Waals surface area contributed by atoms with Crippen molar-refractivity contribution in [2.24, 2.45) is 0 Å². The van der Waals surface area contributed by atoms with Crippen LogP contribution in [0.1, 0.15) is 31.2 Å². The zero-order valence-electron chi connectivity index (χ0n) is 12.4. The monoisotopic (exact) mass is 356 g/mol. The molecule has 0 saturated heterocycles. The summed E-state index contributed by atoms with van der Waals surface area (Å²) < 4.78 is 5.20. The molecule has 0 radical (unpaired) electrons. The first kappa shape index (κ1) is 17.5. The quantitative estimate of drug-likeness (QED) is 0.789. The van der Waals surface area contributed by atoms with Gasteiger partial charge < -0.3 is 0 Å².